The fraction of sp³-hybridized carbons (Fsp3) is 0.143. The molecule has 0 saturated heterocycles. The topological polar surface area (TPSA) is 58.2 Å². The van der Waals surface area contributed by atoms with Gasteiger partial charge in [-0.1, -0.05) is 18.2 Å². The number of hydrogen-bond donors (Lipinski definition) is 2. The van der Waals surface area contributed by atoms with E-state index in [2.05, 4.69) is 10.6 Å². The standard InChI is InChI=1S/C21H17F3N2O2S2/c1-13(19(27)25-15-6-2-5-14(11-15)21(22,23)24)30-17-8-3-7-16(12-17)26-20(28)18-9-4-10-29-18/h2-13H,1H3,(H,25,27)(H,26,28). The first-order chi connectivity index (χ1) is 14.2. The lowest BCUT2D eigenvalue weighted by atomic mass is 10.2. The number of nitrogens with one attached hydrogen (secondary N) is 2. The van der Waals surface area contributed by atoms with Crippen molar-refractivity contribution in [2.24, 2.45) is 0 Å². The number of carbonyl (C=O) groups excluding carboxylic acids is 2. The van der Waals surface area contributed by atoms with Gasteiger partial charge in [-0.3, -0.25) is 9.59 Å². The summed E-state index contributed by atoms with van der Waals surface area (Å²) in [5.41, 5.74) is -0.155. The van der Waals surface area contributed by atoms with E-state index >= 15 is 0 Å². The van der Waals surface area contributed by atoms with Crippen LogP contribution in [0.1, 0.15) is 22.2 Å². The molecule has 1 unspecified atom stereocenters. The summed E-state index contributed by atoms with van der Waals surface area (Å²) in [6, 6.07) is 15.0. The molecule has 156 valence electrons. The van der Waals surface area contributed by atoms with E-state index in [0.29, 0.717) is 10.6 Å². The van der Waals surface area contributed by atoms with Crippen molar-refractivity contribution in [1.82, 2.24) is 0 Å². The predicted octanol–water partition coefficient (Wildman–Crippen LogP) is 6.14. The highest BCUT2D eigenvalue weighted by atomic mass is 32.2. The number of hydrogen-bond acceptors (Lipinski definition) is 4. The molecule has 0 radical (unpaired) electrons. The molecule has 3 rings (SSSR count). The zero-order valence-electron chi connectivity index (χ0n) is 15.7. The van der Waals surface area contributed by atoms with Crippen LogP contribution in [0.2, 0.25) is 0 Å². The van der Waals surface area contributed by atoms with Crippen LogP contribution in [0.15, 0.2) is 70.9 Å². The highest BCUT2D eigenvalue weighted by molar-refractivity contribution is 8.00. The smallest absolute Gasteiger partial charge is 0.325 e. The second-order valence-corrected chi connectivity index (χ2v) is 8.65. The largest absolute Gasteiger partial charge is 0.416 e. The number of thiophene rings is 1. The number of carbonyl (C=O) groups is 2. The molecule has 0 fully saturated rings. The van der Waals surface area contributed by atoms with Gasteiger partial charge in [0.25, 0.3) is 5.91 Å². The molecule has 30 heavy (non-hydrogen) atoms. The predicted molar refractivity (Wildman–Crippen MR) is 114 cm³/mol. The van der Waals surface area contributed by atoms with Crippen molar-refractivity contribution in [1.29, 1.82) is 0 Å². The minimum absolute atomic E-state index is 0.0826. The summed E-state index contributed by atoms with van der Waals surface area (Å²) >= 11 is 2.57. The molecule has 0 aliphatic rings. The number of alkyl halides is 3. The van der Waals surface area contributed by atoms with Crippen molar-refractivity contribution < 1.29 is 22.8 Å². The zero-order chi connectivity index (χ0) is 21.7. The summed E-state index contributed by atoms with van der Waals surface area (Å²) in [7, 11) is 0. The first-order valence-electron chi connectivity index (χ1n) is 8.82. The lowest BCUT2D eigenvalue weighted by molar-refractivity contribution is -0.137. The number of amides is 2. The minimum Gasteiger partial charge on any atom is -0.325 e. The monoisotopic (exact) mass is 450 g/mol. The summed E-state index contributed by atoms with van der Waals surface area (Å²) in [6.07, 6.45) is -4.48. The molecule has 3 aromatic rings. The first-order valence-corrected chi connectivity index (χ1v) is 10.6. The van der Waals surface area contributed by atoms with Crippen LogP contribution in [0.5, 0.6) is 0 Å². The van der Waals surface area contributed by atoms with Gasteiger partial charge in [0.15, 0.2) is 0 Å². The Hall–Kier alpha value is -2.78. The van der Waals surface area contributed by atoms with E-state index in [-0.39, 0.29) is 11.6 Å². The van der Waals surface area contributed by atoms with Gasteiger partial charge in [0.2, 0.25) is 5.91 Å². The van der Waals surface area contributed by atoms with Crippen LogP contribution in [-0.4, -0.2) is 17.1 Å². The van der Waals surface area contributed by atoms with Gasteiger partial charge in [-0.2, -0.15) is 13.2 Å². The van der Waals surface area contributed by atoms with Gasteiger partial charge in [-0.25, -0.2) is 0 Å². The minimum atomic E-state index is -4.48. The Labute approximate surface area is 179 Å². The van der Waals surface area contributed by atoms with Crippen LogP contribution < -0.4 is 10.6 Å². The second-order valence-electron chi connectivity index (χ2n) is 6.29. The van der Waals surface area contributed by atoms with Crippen LogP contribution in [0.25, 0.3) is 0 Å². The molecule has 0 saturated carbocycles. The SMILES string of the molecule is CC(Sc1cccc(NC(=O)c2cccs2)c1)C(=O)Nc1cccc(C(F)(F)F)c1. The normalized spacial score (nSPS) is 12.3. The Kier molecular flexibility index (Phi) is 6.84. The van der Waals surface area contributed by atoms with E-state index in [1.165, 1.54) is 35.2 Å². The lowest BCUT2D eigenvalue weighted by Gasteiger charge is -2.14. The molecule has 9 heteroatoms. The number of rotatable bonds is 6. The molecule has 2 aromatic carbocycles. The van der Waals surface area contributed by atoms with E-state index < -0.39 is 22.9 Å². The van der Waals surface area contributed by atoms with E-state index in [4.69, 9.17) is 0 Å². The average molecular weight is 451 g/mol. The second kappa shape index (κ2) is 9.36. The number of benzene rings is 2. The van der Waals surface area contributed by atoms with Crippen molar-refractivity contribution in [3.05, 3.63) is 76.5 Å². The molecule has 0 spiro atoms. The van der Waals surface area contributed by atoms with Crippen molar-refractivity contribution in [3.8, 4) is 0 Å². The van der Waals surface area contributed by atoms with E-state index in [1.807, 2.05) is 5.38 Å². The number of halogens is 3. The first kappa shape index (κ1) is 21.9. The maximum atomic E-state index is 12.8. The molecule has 0 bridgehead atoms. The molecule has 1 atom stereocenters. The number of thioether (sulfide) groups is 1. The van der Waals surface area contributed by atoms with Gasteiger partial charge in [0, 0.05) is 16.3 Å². The molecule has 1 heterocycles. The highest BCUT2D eigenvalue weighted by Crippen LogP contribution is 2.31. The maximum absolute atomic E-state index is 12.8. The Balaban J connectivity index is 1.62. The summed E-state index contributed by atoms with van der Waals surface area (Å²) in [5.74, 6) is -0.644. The fourth-order valence-corrected chi connectivity index (χ4v) is 4.07. The lowest BCUT2D eigenvalue weighted by Crippen LogP contribution is -2.22. The van der Waals surface area contributed by atoms with E-state index in [1.54, 1.807) is 43.3 Å². The van der Waals surface area contributed by atoms with Crippen LogP contribution in [0.4, 0.5) is 24.5 Å². The van der Waals surface area contributed by atoms with Crippen LogP contribution in [-0.2, 0) is 11.0 Å². The third kappa shape index (κ3) is 5.87. The van der Waals surface area contributed by atoms with Gasteiger partial charge in [0.1, 0.15) is 0 Å². The van der Waals surface area contributed by atoms with E-state index in [9.17, 15) is 22.8 Å². The third-order valence-corrected chi connectivity index (χ3v) is 5.94. The highest BCUT2D eigenvalue weighted by Gasteiger charge is 2.30. The Morgan fingerprint density at radius 3 is 2.33 bits per heavy atom. The Bertz CT molecular complexity index is 1040. The van der Waals surface area contributed by atoms with Crippen molar-refractivity contribution in [2.45, 2.75) is 23.2 Å². The van der Waals surface area contributed by atoms with E-state index in [0.717, 1.165) is 17.0 Å². The molecule has 0 aliphatic carbocycles. The molecular formula is C21H17F3N2O2S2. The fourth-order valence-electron chi connectivity index (χ4n) is 2.52. The van der Waals surface area contributed by atoms with Gasteiger partial charge in [-0.15, -0.1) is 23.1 Å². The van der Waals surface area contributed by atoms with Gasteiger partial charge < -0.3 is 10.6 Å². The van der Waals surface area contributed by atoms with Crippen molar-refractivity contribution >= 4 is 46.3 Å². The molecular weight excluding hydrogens is 433 g/mol. The zero-order valence-corrected chi connectivity index (χ0v) is 17.3. The van der Waals surface area contributed by atoms with Crippen LogP contribution >= 0.6 is 23.1 Å². The van der Waals surface area contributed by atoms with Crippen LogP contribution in [0.3, 0.4) is 0 Å². The maximum Gasteiger partial charge on any atom is 0.416 e. The Morgan fingerprint density at radius 2 is 1.67 bits per heavy atom. The van der Waals surface area contributed by atoms with Crippen molar-refractivity contribution in [2.75, 3.05) is 10.6 Å². The average Bonchev–Trinajstić information content (AvgIpc) is 3.23. The Morgan fingerprint density at radius 1 is 0.967 bits per heavy atom. The van der Waals surface area contributed by atoms with Gasteiger partial charge >= 0.3 is 6.18 Å². The van der Waals surface area contributed by atoms with Gasteiger partial charge in [0.05, 0.1) is 15.7 Å². The molecule has 0 aliphatic heterocycles. The summed E-state index contributed by atoms with van der Waals surface area (Å²) < 4.78 is 38.5. The third-order valence-electron chi connectivity index (χ3n) is 3.98. The van der Waals surface area contributed by atoms with Crippen LogP contribution in [0, 0.1) is 0 Å². The summed E-state index contributed by atoms with van der Waals surface area (Å²) in [6.45, 7) is 1.66. The number of anilines is 2. The van der Waals surface area contributed by atoms with Gasteiger partial charge in [-0.05, 0) is 54.8 Å². The molecule has 2 N–H and O–H groups in total. The molecule has 4 nitrogen and oxygen atoms in total. The summed E-state index contributed by atoms with van der Waals surface area (Å²) in [5, 5.41) is 6.55. The quantitative estimate of drug-likeness (QED) is 0.444. The summed E-state index contributed by atoms with van der Waals surface area (Å²) in [4.78, 5) is 25.9. The molecule has 2 amide bonds. The van der Waals surface area contributed by atoms with Crippen molar-refractivity contribution in [3.63, 3.8) is 0 Å². The molecule has 1 aromatic heterocycles.